The summed E-state index contributed by atoms with van der Waals surface area (Å²) in [6, 6.07) is 0. The number of carboxylic acids is 1. The molecule has 6 unspecified atom stereocenters. The Kier molecular flexibility index (Phi) is 57.3. The molecule has 12 heteroatoms. The third-order valence-electron chi connectivity index (χ3n) is 15.6. The van der Waals surface area contributed by atoms with E-state index < -0.39 is 67.3 Å². The van der Waals surface area contributed by atoms with E-state index in [2.05, 4.69) is 118 Å². The van der Waals surface area contributed by atoms with E-state index in [9.17, 15) is 34.5 Å². The van der Waals surface area contributed by atoms with Crippen LogP contribution in [0.1, 0.15) is 303 Å². The molecule has 1 aliphatic heterocycles. The molecule has 0 spiro atoms. The number of allylic oxidation sites excluding steroid dienone is 16. The van der Waals surface area contributed by atoms with Gasteiger partial charge in [-0.3, -0.25) is 14.4 Å². The molecule has 1 fully saturated rings. The van der Waals surface area contributed by atoms with Crippen molar-refractivity contribution >= 4 is 23.9 Å². The van der Waals surface area contributed by atoms with Gasteiger partial charge >= 0.3 is 23.9 Å². The van der Waals surface area contributed by atoms with Crippen molar-refractivity contribution in [3.8, 4) is 0 Å². The third kappa shape index (κ3) is 51.1. The number of rotatable bonds is 60. The van der Waals surface area contributed by atoms with E-state index in [1.807, 2.05) is 0 Å². The maximum Gasteiger partial charge on any atom is 0.335 e. The number of carboxylic acid groups (broad SMARTS) is 1. The molecule has 498 valence electrons. The molecule has 0 radical (unpaired) electrons. The summed E-state index contributed by atoms with van der Waals surface area (Å²) in [4.78, 5) is 51.5. The zero-order valence-corrected chi connectivity index (χ0v) is 55.2. The number of unbranched alkanes of at least 4 members (excludes halogenated alkanes) is 30. The number of aliphatic hydroxyl groups excluding tert-OH is 2. The van der Waals surface area contributed by atoms with Crippen LogP contribution in [0.25, 0.3) is 0 Å². The second-order valence-electron chi connectivity index (χ2n) is 23.8. The molecular formula is C75H126O12. The van der Waals surface area contributed by atoms with Gasteiger partial charge in [-0.15, -0.1) is 0 Å². The summed E-state index contributed by atoms with van der Waals surface area (Å²) < 4.78 is 28.6. The van der Waals surface area contributed by atoms with E-state index in [1.54, 1.807) is 0 Å². The Balaban J connectivity index is 2.66. The Morgan fingerprint density at radius 1 is 0.391 bits per heavy atom. The molecular weight excluding hydrogens is 1090 g/mol. The third-order valence-corrected chi connectivity index (χ3v) is 15.6. The molecule has 1 aliphatic rings. The number of aliphatic carboxylic acids is 1. The standard InChI is InChI=1S/C75H126O12/c1-4-7-10-13-16-19-22-25-28-31-34-37-40-43-46-49-52-55-58-61-67(76)83-64-66(85-68(77)62-59-56-53-50-47-44-41-38-35-32-29-26-23-20-17-14-11-8-5-2)65-84-75-73(71(80)70(79)72(87-75)74(81)82)86-69(78)63-60-57-54-51-48-45-42-39-36-33-30-27-24-21-18-15-12-9-6-3/h9,12,16,18-19,21,25-30,36,39,45,48,66,70-73,75,79-80H,4-8,10-11,13-15,17,20,22-24,31-35,37-38,40-44,46-47,49-65H2,1-3H3,(H,81,82)/b12-9-,19-16-,21-18-,28-25-,29-26-,30-27-,39-36-,48-45-. The summed E-state index contributed by atoms with van der Waals surface area (Å²) in [5, 5.41) is 31.7. The van der Waals surface area contributed by atoms with E-state index in [0.29, 0.717) is 19.3 Å². The molecule has 6 atom stereocenters. The highest BCUT2D eigenvalue weighted by atomic mass is 16.7. The molecule has 0 aromatic heterocycles. The Morgan fingerprint density at radius 2 is 0.724 bits per heavy atom. The van der Waals surface area contributed by atoms with Gasteiger partial charge in [0, 0.05) is 19.3 Å². The lowest BCUT2D eigenvalue weighted by Gasteiger charge is -2.40. The fourth-order valence-electron chi connectivity index (χ4n) is 10.2. The molecule has 0 aliphatic carbocycles. The van der Waals surface area contributed by atoms with Gasteiger partial charge in [0.25, 0.3) is 0 Å². The summed E-state index contributed by atoms with van der Waals surface area (Å²) in [5.74, 6) is -3.16. The predicted molar refractivity (Wildman–Crippen MR) is 358 cm³/mol. The zero-order valence-electron chi connectivity index (χ0n) is 55.2. The van der Waals surface area contributed by atoms with Gasteiger partial charge in [-0.25, -0.2) is 4.79 Å². The number of esters is 3. The summed E-state index contributed by atoms with van der Waals surface area (Å²) in [6.07, 6.45) is 70.7. The highest BCUT2D eigenvalue weighted by Crippen LogP contribution is 2.27. The number of hydrogen-bond donors (Lipinski definition) is 3. The van der Waals surface area contributed by atoms with Gasteiger partial charge in [-0.05, 0) is 122 Å². The second kappa shape index (κ2) is 61.9. The number of ether oxygens (including phenoxy) is 5. The first-order chi connectivity index (χ1) is 42.6. The highest BCUT2D eigenvalue weighted by molar-refractivity contribution is 5.74. The van der Waals surface area contributed by atoms with Crippen molar-refractivity contribution in [3.63, 3.8) is 0 Å². The summed E-state index contributed by atoms with van der Waals surface area (Å²) in [5.41, 5.74) is 0. The minimum absolute atomic E-state index is 0.0178. The van der Waals surface area contributed by atoms with Gasteiger partial charge in [0.2, 0.25) is 0 Å². The predicted octanol–water partition coefficient (Wildman–Crippen LogP) is 19.6. The largest absolute Gasteiger partial charge is 0.479 e. The molecule has 0 saturated carbocycles. The average Bonchev–Trinajstić information content (AvgIpc) is 2.60. The smallest absolute Gasteiger partial charge is 0.335 e. The van der Waals surface area contributed by atoms with Crippen LogP contribution in [0, 0.1) is 0 Å². The van der Waals surface area contributed by atoms with Crippen molar-refractivity contribution in [3.05, 3.63) is 97.2 Å². The van der Waals surface area contributed by atoms with Gasteiger partial charge in [-0.2, -0.15) is 0 Å². The van der Waals surface area contributed by atoms with Gasteiger partial charge < -0.3 is 39.0 Å². The van der Waals surface area contributed by atoms with Crippen LogP contribution in [0.5, 0.6) is 0 Å². The van der Waals surface area contributed by atoms with Gasteiger partial charge in [0.15, 0.2) is 24.6 Å². The van der Waals surface area contributed by atoms with Crippen LogP contribution < -0.4 is 0 Å². The van der Waals surface area contributed by atoms with Crippen LogP contribution in [0.15, 0.2) is 97.2 Å². The van der Waals surface area contributed by atoms with Crippen molar-refractivity contribution in [2.24, 2.45) is 0 Å². The number of carbonyl (C=O) groups is 4. The van der Waals surface area contributed by atoms with E-state index in [-0.39, 0.29) is 25.9 Å². The minimum atomic E-state index is -1.92. The second-order valence-corrected chi connectivity index (χ2v) is 23.8. The van der Waals surface area contributed by atoms with E-state index in [1.165, 1.54) is 135 Å². The van der Waals surface area contributed by atoms with Crippen molar-refractivity contribution in [2.45, 2.75) is 340 Å². The molecule has 87 heavy (non-hydrogen) atoms. The summed E-state index contributed by atoms with van der Waals surface area (Å²) >= 11 is 0. The van der Waals surface area contributed by atoms with Crippen LogP contribution in [0.2, 0.25) is 0 Å². The van der Waals surface area contributed by atoms with Gasteiger partial charge in [-0.1, -0.05) is 259 Å². The van der Waals surface area contributed by atoms with Crippen LogP contribution in [0.3, 0.4) is 0 Å². The maximum absolute atomic E-state index is 13.3. The molecule has 0 bridgehead atoms. The maximum atomic E-state index is 13.3. The quantitative estimate of drug-likeness (QED) is 0.0228. The van der Waals surface area contributed by atoms with Gasteiger partial charge in [0.05, 0.1) is 6.61 Å². The van der Waals surface area contributed by atoms with Crippen LogP contribution in [0.4, 0.5) is 0 Å². The summed E-state index contributed by atoms with van der Waals surface area (Å²) in [6.45, 7) is 5.88. The molecule has 12 nitrogen and oxygen atoms in total. The summed E-state index contributed by atoms with van der Waals surface area (Å²) in [7, 11) is 0. The number of hydrogen-bond acceptors (Lipinski definition) is 11. The topological polar surface area (TPSA) is 175 Å². The molecule has 1 saturated heterocycles. The van der Waals surface area contributed by atoms with E-state index in [4.69, 9.17) is 23.7 Å². The van der Waals surface area contributed by atoms with Crippen molar-refractivity contribution in [1.82, 2.24) is 0 Å². The van der Waals surface area contributed by atoms with Crippen LogP contribution in [-0.2, 0) is 42.9 Å². The average molecular weight is 1220 g/mol. The van der Waals surface area contributed by atoms with E-state index in [0.717, 1.165) is 109 Å². The van der Waals surface area contributed by atoms with Crippen molar-refractivity contribution < 1.29 is 58.2 Å². The molecule has 1 rings (SSSR count). The number of carbonyl (C=O) groups excluding carboxylic acids is 3. The fraction of sp³-hybridized carbons (Fsp3) is 0.733. The Morgan fingerprint density at radius 3 is 1.15 bits per heavy atom. The van der Waals surface area contributed by atoms with Crippen LogP contribution in [-0.4, -0.2) is 89.2 Å². The number of aliphatic hydroxyl groups is 2. The van der Waals surface area contributed by atoms with E-state index >= 15 is 0 Å². The molecule has 0 aromatic rings. The lowest BCUT2D eigenvalue weighted by molar-refractivity contribution is -0.301. The lowest BCUT2D eigenvalue weighted by atomic mass is 9.98. The normalized spacial score (nSPS) is 17.9. The first-order valence-corrected chi connectivity index (χ1v) is 35.2. The van der Waals surface area contributed by atoms with Crippen molar-refractivity contribution in [1.29, 1.82) is 0 Å². The molecule has 0 amide bonds. The SMILES string of the molecule is CC/C=C\C/C=C\C/C=C\C/C=C\C/C=C\CCCCCC(=O)OC1C(OCC(COC(=O)CCCCCCCCCCC/C=C\C/C=C\CCCCC)OC(=O)CCCCCCCCCCC/C=C\CCCCCCCC)OC(C(=O)O)C(O)C1O. The Bertz CT molecular complexity index is 1880. The Hall–Kier alpha value is -4.36. The van der Waals surface area contributed by atoms with Crippen molar-refractivity contribution in [2.75, 3.05) is 13.2 Å². The highest BCUT2D eigenvalue weighted by Gasteiger charge is 2.50. The molecule has 0 aromatic carbocycles. The minimum Gasteiger partial charge on any atom is -0.479 e. The molecule has 3 N–H and O–H groups in total. The Labute approximate surface area is 530 Å². The first kappa shape index (κ1) is 80.7. The monoisotopic (exact) mass is 1220 g/mol. The zero-order chi connectivity index (χ0) is 63.1. The lowest BCUT2D eigenvalue weighted by Crippen LogP contribution is -2.61. The molecule has 1 heterocycles. The first-order valence-electron chi connectivity index (χ1n) is 35.2. The van der Waals surface area contributed by atoms with Gasteiger partial charge in [0.1, 0.15) is 18.8 Å². The fourth-order valence-corrected chi connectivity index (χ4v) is 10.2. The van der Waals surface area contributed by atoms with Crippen LogP contribution >= 0.6 is 0 Å².